The Morgan fingerprint density at radius 2 is 2.09 bits per heavy atom. The summed E-state index contributed by atoms with van der Waals surface area (Å²) >= 11 is 11.8. The second-order valence-corrected chi connectivity index (χ2v) is 9.11. The molecule has 10 heteroatoms. The molecule has 3 unspecified atom stereocenters. The van der Waals surface area contributed by atoms with Crippen molar-refractivity contribution in [2.75, 3.05) is 19.0 Å². The summed E-state index contributed by atoms with van der Waals surface area (Å²) in [6.45, 7) is 4.23. The highest BCUT2D eigenvalue weighted by atomic mass is 35.5. The van der Waals surface area contributed by atoms with Crippen molar-refractivity contribution in [1.82, 2.24) is 14.9 Å². The Bertz CT molecular complexity index is 1300. The van der Waals surface area contributed by atoms with E-state index in [1.807, 2.05) is 4.90 Å². The molecule has 1 saturated carbocycles. The summed E-state index contributed by atoms with van der Waals surface area (Å²) in [5.41, 5.74) is 0.727. The molecule has 2 heterocycles. The van der Waals surface area contributed by atoms with Gasteiger partial charge in [-0.15, -0.1) is 0 Å². The Balaban J connectivity index is 1.45. The first-order valence-corrected chi connectivity index (χ1v) is 11.5. The summed E-state index contributed by atoms with van der Waals surface area (Å²) < 4.78 is 26.5. The van der Waals surface area contributed by atoms with Gasteiger partial charge in [-0.1, -0.05) is 29.8 Å². The summed E-state index contributed by atoms with van der Waals surface area (Å²) in [5.74, 6) is 0.944. The zero-order valence-corrected chi connectivity index (χ0v) is 19.7. The number of ether oxygens (including phenoxy) is 2. The number of anilines is 2. The topological polar surface area (TPSA) is 76.6 Å². The molecule has 2 aliphatic rings. The number of benzene rings is 2. The fraction of sp³-hybridized carbons (Fsp3) is 0.292. The molecule has 34 heavy (non-hydrogen) atoms. The van der Waals surface area contributed by atoms with Crippen LogP contribution in [0.3, 0.4) is 0 Å². The second-order valence-electron chi connectivity index (χ2n) is 8.33. The minimum Gasteiger partial charge on any atom is -0.493 e. The molecule has 176 valence electrons. The zero-order valence-electron chi connectivity index (χ0n) is 18.2. The van der Waals surface area contributed by atoms with E-state index in [-0.39, 0.29) is 39.7 Å². The fourth-order valence-corrected chi connectivity index (χ4v) is 5.08. The Labute approximate surface area is 205 Å². The Morgan fingerprint density at radius 3 is 2.79 bits per heavy atom. The number of likely N-dealkylation sites (tertiary alicyclic amines) is 1. The third-order valence-corrected chi connectivity index (χ3v) is 7.20. The summed E-state index contributed by atoms with van der Waals surface area (Å²) in [4.78, 5) is 22.5. The average molecular weight is 503 g/mol. The number of halogens is 3. The van der Waals surface area contributed by atoms with Crippen LogP contribution in [-0.4, -0.2) is 46.6 Å². The molecule has 2 fully saturated rings. The molecule has 1 saturated heterocycles. The van der Waals surface area contributed by atoms with E-state index in [9.17, 15) is 9.18 Å². The largest absolute Gasteiger partial charge is 0.493 e. The third kappa shape index (κ3) is 3.91. The number of hydrogen-bond donors (Lipinski definition) is 1. The summed E-state index contributed by atoms with van der Waals surface area (Å²) in [6, 6.07) is 6.68. The number of carbonyl (C=O) groups is 1. The lowest BCUT2D eigenvalue weighted by Crippen LogP contribution is -2.42. The number of nitrogens with zero attached hydrogens (tertiary/aromatic N) is 3. The smallest absolute Gasteiger partial charge is 0.246 e. The molecule has 1 amide bonds. The van der Waals surface area contributed by atoms with E-state index in [1.165, 1.54) is 24.5 Å². The lowest BCUT2D eigenvalue weighted by Gasteiger charge is -2.31. The number of hydrogen-bond acceptors (Lipinski definition) is 6. The fourth-order valence-electron chi connectivity index (χ4n) is 4.77. The van der Waals surface area contributed by atoms with Gasteiger partial charge in [0.05, 0.1) is 28.4 Å². The summed E-state index contributed by atoms with van der Waals surface area (Å²) in [5, 5.41) is 3.55. The molecule has 0 spiro atoms. The van der Waals surface area contributed by atoms with Gasteiger partial charge in [-0.3, -0.25) is 4.79 Å². The SMILES string of the molecule is C=CC(=O)N1CC2CC1CC2Oc1cc2c(Nc3ccc(Cl)c(Cl)c3F)ncnc2cc1OC. The van der Waals surface area contributed by atoms with Crippen molar-refractivity contribution in [3.8, 4) is 11.5 Å². The van der Waals surface area contributed by atoms with Crippen molar-refractivity contribution >= 4 is 51.5 Å². The van der Waals surface area contributed by atoms with Crippen LogP contribution in [0.1, 0.15) is 12.8 Å². The monoisotopic (exact) mass is 502 g/mol. The second kappa shape index (κ2) is 8.92. The van der Waals surface area contributed by atoms with E-state index >= 15 is 0 Å². The van der Waals surface area contributed by atoms with Crippen molar-refractivity contribution in [2.24, 2.45) is 5.92 Å². The van der Waals surface area contributed by atoms with Gasteiger partial charge in [-0.25, -0.2) is 14.4 Å². The predicted molar refractivity (Wildman–Crippen MR) is 129 cm³/mol. The van der Waals surface area contributed by atoms with Gasteiger partial charge in [0, 0.05) is 36.4 Å². The molecule has 2 aromatic carbocycles. The van der Waals surface area contributed by atoms with Gasteiger partial charge in [-0.2, -0.15) is 0 Å². The molecule has 3 atom stereocenters. The number of fused-ring (bicyclic) bond motifs is 3. The lowest BCUT2D eigenvalue weighted by molar-refractivity contribution is -0.128. The quantitative estimate of drug-likeness (QED) is 0.360. The number of piperidine rings is 1. The molecule has 1 aliphatic heterocycles. The van der Waals surface area contributed by atoms with E-state index in [2.05, 4.69) is 21.9 Å². The van der Waals surface area contributed by atoms with Crippen LogP contribution in [0.5, 0.6) is 11.5 Å². The van der Waals surface area contributed by atoms with Crippen LogP contribution in [0.15, 0.2) is 43.2 Å². The maximum absolute atomic E-state index is 14.6. The van der Waals surface area contributed by atoms with Crippen molar-refractivity contribution in [3.63, 3.8) is 0 Å². The van der Waals surface area contributed by atoms with E-state index in [4.69, 9.17) is 32.7 Å². The van der Waals surface area contributed by atoms with E-state index in [1.54, 1.807) is 19.2 Å². The molecular weight excluding hydrogens is 482 g/mol. The van der Waals surface area contributed by atoms with Crippen molar-refractivity contribution in [1.29, 1.82) is 0 Å². The maximum atomic E-state index is 14.6. The first kappa shape index (κ1) is 22.7. The third-order valence-electron chi connectivity index (χ3n) is 6.42. The Morgan fingerprint density at radius 1 is 1.26 bits per heavy atom. The highest BCUT2D eigenvalue weighted by Crippen LogP contribution is 2.43. The van der Waals surface area contributed by atoms with Crippen LogP contribution >= 0.6 is 23.2 Å². The number of nitrogens with one attached hydrogen (secondary N) is 1. The van der Waals surface area contributed by atoms with E-state index in [0.717, 1.165) is 12.8 Å². The van der Waals surface area contributed by atoms with Gasteiger partial charge >= 0.3 is 0 Å². The molecule has 2 bridgehead atoms. The van der Waals surface area contributed by atoms with Gasteiger partial charge in [0.25, 0.3) is 0 Å². The first-order chi connectivity index (χ1) is 16.4. The van der Waals surface area contributed by atoms with Crippen molar-refractivity contribution in [2.45, 2.75) is 25.0 Å². The lowest BCUT2D eigenvalue weighted by atomic mass is 10.1. The Hall–Kier alpha value is -3.10. The van der Waals surface area contributed by atoms with Crippen LogP contribution in [0, 0.1) is 11.7 Å². The van der Waals surface area contributed by atoms with Crippen molar-refractivity contribution in [3.05, 3.63) is 59.1 Å². The highest BCUT2D eigenvalue weighted by molar-refractivity contribution is 6.42. The van der Waals surface area contributed by atoms with Crippen LogP contribution < -0.4 is 14.8 Å². The summed E-state index contributed by atoms with van der Waals surface area (Å²) in [7, 11) is 1.56. The van der Waals surface area contributed by atoms with Gasteiger partial charge in [-0.05, 0) is 30.7 Å². The normalized spacial score (nSPS) is 21.1. The van der Waals surface area contributed by atoms with Crippen LogP contribution in [-0.2, 0) is 4.79 Å². The minimum absolute atomic E-state index is 0.0448. The number of carbonyl (C=O) groups excluding carboxylic acids is 1. The van der Waals surface area contributed by atoms with Gasteiger partial charge in [0.2, 0.25) is 5.91 Å². The molecule has 7 nitrogen and oxygen atoms in total. The molecule has 0 radical (unpaired) electrons. The molecule has 1 N–H and O–H groups in total. The zero-order chi connectivity index (χ0) is 24.0. The van der Waals surface area contributed by atoms with Gasteiger partial charge < -0.3 is 19.7 Å². The molecular formula is C24H21Cl2FN4O3. The van der Waals surface area contributed by atoms with E-state index < -0.39 is 5.82 Å². The minimum atomic E-state index is -0.675. The highest BCUT2D eigenvalue weighted by Gasteiger charge is 2.47. The Kier molecular flexibility index (Phi) is 5.95. The maximum Gasteiger partial charge on any atom is 0.246 e. The van der Waals surface area contributed by atoms with Gasteiger partial charge in [0.1, 0.15) is 18.2 Å². The number of methoxy groups -OCH3 is 1. The molecule has 1 aromatic heterocycles. The van der Waals surface area contributed by atoms with E-state index in [0.29, 0.717) is 34.8 Å². The van der Waals surface area contributed by atoms with Gasteiger partial charge in [0.15, 0.2) is 17.3 Å². The van der Waals surface area contributed by atoms with Crippen LogP contribution in [0.2, 0.25) is 10.0 Å². The average Bonchev–Trinajstić information content (AvgIpc) is 3.44. The molecule has 5 rings (SSSR count). The molecule has 3 aromatic rings. The van der Waals surface area contributed by atoms with Crippen LogP contribution in [0.25, 0.3) is 10.9 Å². The van der Waals surface area contributed by atoms with Crippen LogP contribution in [0.4, 0.5) is 15.9 Å². The number of rotatable bonds is 6. The standard InChI is InChI=1S/C24H21Cl2FN4O3/c1-3-21(32)31-10-12-6-13(31)7-18(12)34-20-8-14-17(9-19(20)33-2)28-11-29-24(14)30-16-5-4-15(25)22(26)23(16)27/h3-5,8-9,11-13,18H,1,6-7,10H2,2H3,(H,28,29,30). The number of aromatic nitrogens is 2. The first-order valence-electron chi connectivity index (χ1n) is 10.7. The predicted octanol–water partition coefficient (Wildman–Crippen LogP) is 5.38. The summed E-state index contributed by atoms with van der Waals surface area (Å²) in [6.07, 6.45) is 4.30. The molecule has 1 aliphatic carbocycles. The van der Waals surface area contributed by atoms with Crippen molar-refractivity contribution < 1.29 is 18.7 Å². The number of amides is 1.